The molecule has 0 atom stereocenters. The van der Waals surface area contributed by atoms with E-state index in [2.05, 4.69) is 9.47 Å². The minimum Gasteiger partial charge on any atom is -0.453 e. The third-order valence-electron chi connectivity index (χ3n) is 2.48. The largest absolute Gasteiger partial charge is 0.573 e. The second-order valence-electron chi connectivity index (χ2n) is 4.38. The van der Waals surface area contributed by atoms with Crippen molar-refractivity contribution in [1.82, 2.24) is 0 Å². The van der Waals surface area contributed by atoms with Crippen molar-refractivity contribution < 1.29 is 40.6 Å². The molecule has 2 radical (unpaired) electrons. The molecular formula is C14H7BF6O3. The average Bonchev–Trinajstić information content (AvgIpc) is 2.40. The number of benzene rings is 2. The van der Waals surface area contributed by atoms with Crippen LogP contribution < -0.4 is 19.7 Å². The van der Waals surface area contributed by atoms with E-state index in [0.717, 1.165) is 36.4 Å². The molecule has 0 fully saturated rings. The van der Waals surface area contributed by atoms with Gasteiger partial charge >= 0.3 is 12.7 Å². The van der Waals surface area contributed by atoms with E-state index in [1.54, 1.807) is 0 Å². The summed E-state index contributed by atoms with van der Waals surface area (Å²) >= 11 is 0. The van der Waals surface area contributed by atoms with E-state index in [9.17, 15) is 26.3 Å². The lowest BCUT2D eigenvalue weighted by Gasteiger charge is -2.15. The second kappa shape index (κ2) is 6.54. The molecule has 0 N–H and O–H groups in total. The number of hydrogen-bond acceptors (Lipinski definition) is 3. The van der Waals surface area contributed by atoms with E-state index in [1.165, 1.54) is 6.07 Å². The summed E-state index contributed by atoms with van der Waals surface area (Å²) in [6.07, 6.45) is -9.82. The predicted molar refractivity (Wildman–Crippen MR) is 71.7 cm³/mol. The van der Waals surface area contributed by atoms with Crippen LogP contribution in [-0.4, -0.2) is 20.6 Å². The molecule has 0 aliphatic heterocycles. The Bertz CT molecular complexity index is 697. The molecule has 0 spiro atoms. The lowest BCUT2D eigenvalue weighted by Crippen LogP contribution is -2.18. The van der Waals surface area contributed by atoms with Crippen LogP contribution in [0.15, 0.2) is 42.5 Å². The highest BCUT2D eigenvalue weighted by atomic mass is 19.4. The van der Waals surface area contributed by atoms with E-state index in [4.69, 9.17) is 12.6 Å². The molecule has 0 saturated carbocycles. The summed E-state index contributed by atoms with van der Waals surface area (Å²) in [6.45, 7) is 0. The Morgan fingerprint density at radius 2 is 1.21 bits per heavy atom. The van der Waals surface area contributed by atoms with E-state index in [-0.39, 0.29) is 17.0 Å². The molecule has 0 aliphatic carbocycles. The first-order valence-electron chi connectivity index (χ1n) is 6.21. The molecule has 0 heterocycles. The van der Waals surface area contributed by atoms with Gasteiger partial charge in [-0.25, -0.2) is 0 Å². The SMILES string of the molecule is [B]c1ccc(Oc2ccc(OC(F)(F)F)cc2)c(OC(F)(F)F)c1. The Labute approximate surface area is 133 Å². The highest BCUT2D eigenvalue weighted by Gasteiger charge is 2.33. The summed E-state index contributed by atoms with van der Waals surface area (Å²) in [5.74, 6) is -1.52. The smallest absolute Gasteiger partial charge is 0.453 e. The fourth-order valence-corrected chi connectivity index (χ4v) is 1.65. The van der Waals surface area contributed by atoms with Crippen LogP contribution in [0.2, 0.25) is 0 Å². The molecule has 2 rings (SSSR count). The van der Waals surface area contributed by atoms with Crippen LogP contribution in [0, 0.1) is 0 Å². The van der Waals surface area contributed by atoms with Gasteiger partial charge in [0, 0.05) is 0 Å². The van der Waals surface area contributed by atoms with Gasteiger partial charge in [0.25, 0.3) is 0 Å². The van der Waals surface area contributed by atoms with Gasteiger partial charge in [-0.05, 0) is 36.4 Å². The minimum absolute atomic E-state index is 0.00975. The van der Waals surface area contributed by atoms with Crippen molar-refractivity contribution in [2.75, 3.05) is 0 Å². The van der Waals surface area contributed by atoms with Crippen LogP contribution in [0.5, 0.6) is 23.0 Å². The third-order valence-corrected chi connectivity index (χ3v) is 2.48. The Hall–Kier alpha value is -2.52. The van der Waals surface area contributed by atoms with Gasteiger partial charge in [-0.15, -0.1) is 26.3 Å². The second-order valence-corrected chi connectivity index (χ2v) is 4.38. The molecule has 126 valence electrons. The van der Waals surface area contributed by atoms with Crippen LogP contribution in [0.4, 0.5) is 26.3 Å². The van der Waals surface area contributed by atoms with Gasteiger partial charge in [0.2, 0.25) is 0 Å². The van der Waals surface area contributed by atoms with E-state index in [0.29, 0.717) is 0 Å². The molecule has 0 unspecified atom stereocenters. The maximum atomic E-state index is 12.4. The Balaban J connectivity index is 2.19. The van der Waals surface area contributed by atoms with E-state index >= 15 is 0 Å². The predicted octanol–water partition coefficient (Wildman–Crippen LogP) is 4.07. The molecule has 10 heteroatoms. The molecule has 2 aromatic rings. The van der Waals surface area contributed by atoms with Gasteiger partial charge < -0.3 is 14.2 Å². The normalized spacial score (nSPS) is 11.9. The molecule has 0 saturated heterocycles. The topological polar surface area (TPSA) is 27.7 Å². The Morgan fingerprint density at radius 3 is 1.75 bits per heavy atom. The van der Waals surface area contributed by atoms with Crippen molar-refractivity contribution in [2.45, 2.75) is 12.7 Å². The van der Waals surface area contributed by atoms with Gasteiger partial charge in [0.1, 0.15) is 19.3 Å². The molecule has 0 bridgehead atoms. The summed E-state index contributed by atoms with van der Waals surface area (Å²) in [5, 5.41) is 0. The number of ether oxygens (including phenoxy) is 3. The maximum Gasteiger partial charge on any atom is 0.573 e. The zero-order chi connectivity index (χ0) is 18.0. The summed E-state index contributed by atoms with van der Waals surface area (Å²) in [5.41, 5.74) is 0.00975. The fourth-order valence-electron chi connectivity index (χ4n) is 1.65. The molecule has 3 nitrogen and oxygen atoms in total. The van der Waals surface area contributed by atoms with Crippen molar-refractivity contribution >= 4 is 13.3 Å². The first-order chi connectivity index (χ1) is 11.0. The highest BCUT2D eigenvalue weighted by molar-refractivity contribution is 6.32. The molecule has 0 aromatic heterocycles. The highest BCUT2D eigenvalue weighted by Crippen LogP contribution is 2.35. The maximum absolute atomic E-state index is 12.4. The van der Waals surface area contributed by atoms with Crippen LogP contribution in [0.3, 0.4) is 0 Å². The summed E-state index contributed by atoms with van der Waals surface area (Å²) < 4.78 is 85.9. The monoisotopic (exact) mass is 348 g/mol. The quantitative estimate of drug-likeness (QED) is 0.616. The van der Waals surface area contributed by atoms with Gasteiger partial charge in [0.05, 0.1) is 0 Å². The van der Waals surface area contributed by atoms with Crippen molar-refractivity contribution in [2.24, 2.45) is 0 Å². The standard InChI is InChI=1S/C14H7BF6O3/c15-8-1-6-11(12(7-8)24-14(19,20)21)22-9-2-4-10(5-3-9)23-13(16,17)18/h1-7H. The first-order valence-corrected chi connectivity index (χ1v) is 6.21. The van der Waals surface area contributed by atoms with Gasteiger partial charge in [-0.1, -0.05) is 11.5 Å². The van der Waals surface area contributed by atoms with Crippen molar-refractivity contribution in [1.29, 1.82) is 0 Å². The first kappa shape index (κ1) is 17.8. The zero-order valence-corrected chi connectivity index (χ0v) is 11.6. The summed E-state index contributed by atoms with van der Waals surface area (Å²) in [7, 11) is 5.39. The Kier molecular flexibility index (Phi) is 4.86. The Morgan fingerprint density at radius 1 is 0.667 bits per heavy atom. The number of alkyl halides is 6. The number of halogens is 6. The van der Waals surface area contributed by atoms with Crippen LogP contribution in [0.1, 0.15) is 0 Å². The molecule has 0 amide bonds. The third kappa shape index (κ3) is 5.60. The summed E-state index contributed by atoms with van der Waals surface area (Å²) in [4.78, 5) is 0. The minimum atomic E-state index is -4.96. The zero-order valence-electron chi connectivity index (χ0n) is 11.6. The molecule has 2 aromatic carbocycles. The van der Waals surface area contributed by atoms with Crippen molar-refractivity contribution in [3.63, 3.8) is 0 Å². The van der Waals surface area contributed by atoms with Crippen LogP contribution in [0.25, 0.3) is 0 Å². The molecule has 0 aliphatic rings. The number of hydrogen-bond donors (Lipinski definition) is 0. The van der Waals surface area contributed by atoms with E-state index in [1.807, 2.05) is 0 Å². The molecule has 24 heavy (non-hydrogen) atoms. The molecular weight excluding hydrogens is 341 g/mol. The summed E-state index contributed by atoms with van der Waals surface area (Å²) in [6, 6.07) is 7.40. The number of rotatable bonds is 4. The van der Waals surface area contributed by atoms with Crippen molar-refractivity contribution in [3.8, 4) is 23.0 Å². The van der Waals surface area contributed by atoms with Gasteiger partial charge in [-0.3, -0.25) is 0 Å². The fraction of sp³-hybridized carbons (Fsp3) is 0.143. The van der Waals surface area contributed by atoms with Crippen molar-refractivity contribution in [3.05, 3.63) is 42.5 Å². The lowest BCUT2D eigenvalue weighted by molar-refractivity contribution is -0.275. The lowest BCUT2D eigenvalue weighted by atomic mass is 9.96. The van der Waals surface area contributed by atoms with Crippen LogP contribution >= 0.6 is 0 Å². The van der Waals surface area contributed by atoms with Crippen LogP contribution in [-0.2, 0) is 0 Å². The van der Waals surface area contributed by atoms with Gasteiger partial charge in [0.15, 0.2) is 11.5 Å². The van der Waals surface area contributed by atoms with E-state index < -0.39 is 24.2 Å². The average molecular weight is 348 g/mol. The van der Waals surface area contributed by atoms with Gasteiger partial charge in [-0.2, -0.15) is 0 Å².